The number of aliphatic hydroxyl groups is 2. The number of fused-ring (bicyclic) bond motifs is 9. The van der Waals surface area contributed by atoms with Gasteiger partial charge in [-0.05, 0) is 76.0 Å². The fraction of sp³-hybridized carbons (Fsp3) is 0.800. The third-order valence-corrected chi connectivity index (χ3v) is 6.52. The van der Waals surface area contributed by atoms with Gasteiger partial charge in [0.2, 0.25) is 0 Å². The van der Waals surface area contributed by atoms with Gasteiger partial charge in [0.05, 0.1) is 12.2 Å². The molecule has 1 fully saturated rings. The molecule has 0 spiro atoms. The van der Waals surface area contributed by atoms with Crippen LogP contribution in [0, 0.1) is 17.3 Å². The molecule has 3 rings (SSSR count). The second-order valence-electron chi connectivity index (χ2n) is 8.09. The van der Waals surface area contributed by atoms with Gasteiger partial charge >= 0.3 is 0 Å². The average molecular weight is 341 g/mol. The van der Waals surface area contributed by atoms with Crippen molar-refractivity contribution in [2.75, 3.05) is 5.88 Å². The topological polar surface area (TPSA) is 40.5 Å². The molecule has 0 radical (unpaired) electrons. The summed E-state index contributed by atoms with van der Waals surface area (Å²) < 4.78 is 0. The minimum Gasteiger partial charge on any atom is -0.390 e. The van der Waals surface area contributed by atoms with E-state index in [-0.39, 0.29) is 11.3 Å². The molecule has 0 aromatic heterocycles. The fourth-order valence-electron chi connectivity index (χ4n) is 4.41. The van der Waals surface area contributed by atoms with Gasteiger partial charge in [-0.25, -0.2) is 0 Å². The van der Waals surface area contributed by atoms with E-state index in [0.29, 0.717) is 11.8 Å². The minimum absolute atomic E-state index is 0.110. The van der Waals surface area contributed by atoms with E-state index in [1.54, 1.807) is 0 Å². The number of halogens is 1. The van der Waals surface area contributed by atoms with Gasteiger partial charge in [0.1, 0.15) is 0 Å². The summed E-state index contributed by atoms with van der Waals surface area (Å²) in [5.74, 6) is 0.974. The average Bonchev–Trinajstić information content (AvgIpc) is 2.51. The zero-order chi connectivity index (χ0) is 17.0. The van der Waals surface area contributed by atoms with Gasteiger partial charge in [-0.15, -0.1) is 11.6 Å². The van der Waals surface area contributed by atoms with Crippen molar-refractivity contribution in [3.05, 3.63) is 23.3 Å². The Hall–Kier alpha value is -0.310. The number of aliphatic hydroxyl groups excluding tert-OH is 2. The predicted molar refractivity (Wildman–Crippen MR) is 97.7 cm³/mol. The van der Waals surface area contributed by atoms with E-state index < -0.39 is 12.2 Å². The van der Waals surface area contributed by atoms with Crippen molar-refractivity contribution in [3.8, 4) is 0 Å². The largest absolute Gasteiger partial charge is 0.390 e. The third-order valence-electron chi connectivity index (χ3n) is 6.12. The molecule has 0 saturated heterocycles. The Labute approximate surface area is 146 Å². The van der Waals surface area contributed by atoms with Crippen LogP contribution in [0.25, 0.3) is 0 Å². The SMILES string of the molecule is C/C1=C/CC[C@@]2(C)C[C@@H](CCl)[C@H](CC/C(C)=C\CC1)[C@H](O)[C@@H]2O. The molecule has 1 saturated carbocycles. The molecule has 0 aromatic carbocycles. The highest BCUT2D eigenvalue weighted by Gasteiger charge is 2.48. The molecular weight excluding hydrogens is 308 g/mol. The van der Waals surface area contributed by atoms with Gasteiger partial charge in [0, 0.05) is 5.88 Å². The van der Waals surface area contributed by atoms with E-state index in [4.69, 9.17) is 11.6 Å². The first-order chi connectivity index (χ1) is 10.9. The summed E-state index contributed by atoms with van der Waals surface area (Å²) in [6.07, 6.45) is 10.2. The Balaban J connectivity index is 2.26. The van der Waals surface area contributed by atoms with Crippen LogP contribution in [0.15, 0.2) is 23.3 Å². The maximum Gasteiger partial charge on any atom is 0.0855 e. The van der Waals surface area contributed by atoms with Gasteiger partial charge in [0.15, 0.2) is 0 Å². The highest BCUT2D eigenvalue weighted by atomic mass is 35.5. The third kappa shape index (κ3) is 4.61. The molecule has 3 heteroatoms. The first-order valence-corrected chi connectivity index (χ1v) is 9.64. The van der Waals surface area contributed by atoms with E-state index in [9.17, 15) is 10.2 Å². The second-order valence-corrected chi connectivity index (χ2v) is 8.40. The molecule has 23 heavy (non-hydrogen) atoms. The smallest absolute Gasteiger partial charge is 0.0855 e. The lowest BCUT2D eigenvalue weighted by molar-refractivity contribution is -0.137. The van der Waals surface area contributed by atoms with Crippen molar-refractivity contribution in [2.45, 2.75) is 77.9 Å². The maximum absolute atomic E-state index is 10.8. The second kappa shape index (κ2) is 8.18. The Morgan fingerprint density at radius 3 is 2.48 bits per heavy atom. The summed E-state index contributed by atoms with van der Waals surface area (Å²) in [6, 6.07) is 0. The molecule has 3 aliphatic carbocycles. The molecular formula is C20H33ClO2. The molecule has 2 bridgehead atoms. The van der Waals surface area contributed by atoms with Gasteiger partial charge in [-0.1, -0.05) is 30.2 Å². The first-order valence-electron chi connectivity index (χ1n) is 9.11. The maximum atomic E-state index is 10.8. The zero-order valence-electron chi connectivity index (χ0n) is 14.9. The van der Waals surface area contributed by atoms with Gasteiger partial charge in [-0.3, -0.25) is 0 Å². The fourth-order valence-corrected chi connectivity index (χ4v) is 4.75. The Morgan fingerprint density at radius 2 is 1.78 bits per heavy atom. The number of rotatable bonds is 1. The quantitative estimate of drug-likeness (QED) is 0.530. The highest BCUT2D eigenvalue weighted by molar-refractivity contribution is 6.18. The van der Waals surface area contributed by atoms with Crippen LogP contribution in [0.2, 0.25) is 0 Å². The van der Waals surface area contributed by atoms with E-state index >= 15 is 0 Å². The normalized spacial score (nSPS) is 44.8. The van der Waals surface area contributed by atoms with Crippen LogP contribution in [0.5, 0.6) is 0 Å². The summed E-state index contributed by atoms with van der Waals surface area (Å²) in [7, 11) is 0. The summed E-state index contributed by atoms with van der Waals surface area (Å²) >= 11 is 6.24. The lowest BCUT2D eigenvalue weighted by atomic mass is 9.60. The van der Waals surface area contributed by atoms with Gasteiger partial charge in [-0.2, -0.15) is 0 Å². The standard InChI is InChI=1S/C20H33ClO2/c1-14-6-4-7-15(2)9-10-17-16(13-21)12-20(3,11-5-8-14)19(23)18(17)22/h7-8,16-19,22-23H,4-6,9-13H2,1-3H3/b14-8-,15-7-/t16-,17-,18-,19-,20-/m0/s1. The number of alkyl halides is 1. The van der Waals surface area contributed by atoms with E-state index in [1.807, 2.05) is 0 Å². The van der Waals surface area contributed by atoms with Crippen LogP contribution >= 0.6 is 11.6 Å². The van der Waals surface area contributed by atoms with Crippen molar-refractivity contribution in [1.29, 1.82) is 0 Å². The van der Waals surface area contributed by atoms with Crippen molar-refractivity contribution in [1.82, 2.24) is 0 Å². The number of hydrogen-bond donors (Lipinski definition) is 2. The molecule has 5 atom stereocenters. The lowest BCUT2D eigenvalue weighted by Crippen LogP contribution is -2.53. The van der Waals surface area contributed by atoms with Crippen molar-refractivity contribution in [3.63, 3.8) is 0 Å². The monoisotopic (exact) mass is 340 g/mol. The Bertz CT molecular complexity index is 455. The Morgan fingerprint density at radius 1 is 1.13 bits per heavy atom. The summed E-state index contributed by atoms with van der Waals surface area (Å²) in [5, 5.41) is 21.5. The minimum atomic E-state index is -0.654. The first kappa shape index (κ1) is 19.0. The van der Waals surface area contributed by atoms with Crippen molar-refractivity contribution in [2.24, 2.45) is 17.3 Å². The van der Waals surface area contributed by atoms with Crippen LogP contribution in [0.1, 0.15) is 65.7 Å². The summed E-state index contributed by atoms with van der Waals surface area (Å²) in [5.41, 5.74) is 2.58. The molecule has 3 aliphatic rings. The van der Waals surface area contributed by atoms with Crippen LogP contribution in [0.4, 0.5) is 0 Å². The van der Waals surface area contributed by atoms with Crippen LogP contribution in [0.3, 0.4) is 0 Å². The van der Waals surface area contributed by atoms with Crippen LogP contribution < -0.4 is 0 Å². The lowest BCUT2D eigenvalue weighted by Gasteiger charge is -2.49. The molecule has 2 nitrogen and oxygen atoms in total. The predicted octanol–water partition coefficient (Wildman–Crippen LogP) is 4.84. The van der Waals surface area contributed by atoms with Crippen molar-refractivity contribution >= 4 is 11.6 Å². The molecule has 0 aromatic rings. The van der Waals surface area contributed by atoms with Crippen LogP contribution in [-0.4, -0.2) is 28.3 Å². The molecule has 0 aliphatic heterocycles. The van der Waals surface area contributed by atoms with Gasteiger partial charge in [0.25, 0.3) is 0 Å². The number of allylic oxidation sites excluding steroid dienone is 4. The van der Waals surface area contributed by atoms with Crippen molar-refractivity contribution < 1.29 is 10.2 Å². The molecule has 2 N–H and O–H groups in total. The molecule has 0 unspecified atom stereocenters. The Kier molecular flexibility index (Phi) is 6.77. The van der Waals surface area contributed by atoms with E-state index in [1.165, 1.54) is 11.1 Å². The van der Waals surface area contributed by atoms with Crippen LogP contribution in [-0.2, 0) is 0 Å². The van der Waals surface area contributed by atoms with E-state index in [2.05, 4.69) is 32.9 Å². The highest BCUT2D eigenvalue weighted by Crippen LogP contribution is 2.47. The molecule has 132 valence electrons. The summed E-state index contributed by atoms with van der Waals surface area (Å²) in [6.45, 7) is 6.49. The molecule has 0 heterocycles. The van der Waals surface area contributed by atoms with E-state index in [0.717, 1.165) is 44.9 Å². The number of hydrogen-bond acceptors (Lipinski definition) is 2. The molecule has 0 amide bonds. The van der Waals surface area contributed by atoms with Gasteiger partial charge < -0.3 is 10.2 Å². The summed E-state index contributed by atoms with van der Waals surface area (Å²) in [4.78, 5) is 0. The zero-order valence-corrected chi connectivity index (χ0v) is 15.6.